The smallest absolute Gasteiger partial charge is 0.324 e. The van der Waals surface area contributed by atoms with Gasteiger partial charge in [0.1, 0.15) is 5.75 Å². The quantitative estimate of drug-likeness (QED) is 0.633. The zero-order valence-corrected chi connectivity index (χ0v) is 13.4. The number of hydrogen-bond donors (Lipinski definition) is 0. The van der Waals surface area contributed by atoms with Crippen molar-refractivity contribution in [3.63, 3.8) is 0 Å². The summed E-state index contributed by atoms with van der Waals surface area (Å²) in [6, 6.07) is 10.5. The van der Waals surface area contributed by atoms with Crippen LogP contribution in [0.25, 0.3) is 0 Å². The molecule has 120 valence electrons. The molecule has 2 heterocycles. The molecule has 6 nitrogen and oxygen atoms in total. The molecular formula is C16H16N2O4S. The van der Waals surface area contributed by atoms with E-state index >= 15 is 0 Å². The number of nitrogens with zero attached hydrogens (tertiary/aromatic N) is 2. The third-order valence-corrected chi connectivity index (χ3v) is 5.02. The number of likely N-dealkylation sites (tertiary alicyclic amines) is 1. The number of carbonyl (C=O) groups excluding carboxylic acids is 1. The fourth-order valence-electron chi connectivity index (χ4n) is 2.96. The van der Waals surface area contributed by atoms with Crippen molar-refractivity contribution in [3.8, 4) is 5.75 Å². The predicted molar refractivity (Wildman–Crippen MR) is 87.0 cm³/mol. The average molecular weight is 332 g/mol. The summed E-state index contributed by atoms with van der Waals surface area (Å²) in [5, 5.41) is 10.8. The Bertz CT molecular complexity index is 743. The van der Waals surface area contributed by atoms with Gasteiger partial charge in [0.15, 0.2) is 0 Å². The van der Waals surface area contributed by atoms with E-state index in [9.17, 15) is 14.9 Å². The third-order valence-electron chi connectivity index (χ3n) is 3.99. The van der Waals surface area contributed by atoms with Gasteiger partial charge >= 0.3 is 5.00 Å². The van der Waals surface area contributed by atoms with Crippen LogP contribution in [0.1, 0.15) is 34.1 Å². The minimum atomic E-state index is -0.469. The van der Waals surface area contributed by atoms with Crippen LogP contribution < -0.4 is 4.74 Å². The number of carbonyl (C=O) groups is 1. The number of ether oxygens (including phenoxy) is 1. The number of para-hydroxylation sites is 1. The largest absolute Gasteiger partial charge is 0.496 e. The van der Waals surface area contributed by atoms with Crippen LogP contribution in [0.2, 0.25) is 0 Å². The summed E-state index contributed by atoms with van der Waals surface area (Å²) in [6.07, 6.45) is 1.77. The molecule has 1 aromatic heterocycles. The van der Waals surface area contributed by atoms with E-state index in [0.717, 1.165) is 35.5 Å². The predicted octanol–water partition coefficient (Wildman–Crippen LogP) is 3.64. The normalized spacial score (nSPS) is 17.3. The van der Waals surface area contributed by atoms with Crippen LogP contribution >= 0.6 is 11.3 Å². The lowest BCUT2D eigenvalue weighted by Gasteiger charge is -2.25. The summed E-state index contributed by atoms with van der Waals surface area (Å²) in [5.41, 5.74) is 0.979. The van der Waals surface area contributed by atoms with Crippen molar-refractivity contribution in [2.45, 2.75) is 18.9 Å². The monoisotopic (exact) mass is 332 g/mol. The molecule has 0 unspecified atom stereocenters. The van der Waals surface area contributed by atoms with Gasteiger partial charge in [-0.3, -0.25) is 14.9 Å². The van der Waals surface area contributed by atoms with Crippen molar-refractivity contribution in [1.29, 1.82) is 0 Å². The van der Waals surface area contributed by atoms with Crippen molar-refractivity contribution in [2.75, 3.05) is 13.7 Å². The van der Waals surface area contributed by atoms with E-state index in [1.807, 2.05) is 24.3 Å². The molecule has 1 aliphatic heterocycles. The first kappa shape index (κ1) is 15.5. The second-order valence-corrected chi connectivity index (χ2v) is 6.36. The average Bonchev–Trinajstić information content (AvgIpc) is 3.23. The Kier molecular flexibility index (Phi) is 4.29. The fraction of sp³-hybridized carbons (Fsp3) is 0.312. The molecule has 0 saturated carbocycles. The highest BCUT2D eigenvalue weighted by atomic mass is 32.1. The van der Waals surface area contributed by atoms with Crippen molar-refractivity contribution >= 4 is 22.2 Å². The summed E-state index contributed by atoms with van der Waals surface area (Å²) in [6.45, 7) is 0.646. The molecule has 0 aliphatic carbocycles. The van der Waals surface area contributed by atoms with E-state index in [4.69, 9.17) is 4.74 Å². The van der Waals surface area contributed by atoms with E-state index < -0.39 is 4.92 Å². The standard InChI is InChI=1S/C16H16N2O4S/c1-22-13-7-3-2-5-11(13)12-6-4-10-17(12)16(19)14-8-9-15(23-14)18(20)21/h2-3,5,7-9,12H,4,6,10H2,1H3/t12-/m0/s1. The summed E-state index contributed by atoms with van der Waals surface area (Å²) >= 11 is 0.922. The molecule has 0 bridgehead atoms. The number of amides is 1. The minimum Gasteiger partial charge on any atom is -0.496 e. The molecular weight excluding hydrogens is 316 g/mol. The van der Waals surface area contributed by atoms with Crippen molar-refractivity contribution < 1.29 is 14.5 Å². The van der Waals surface area contributed by atoms with Gasteiger partial charge in [-0.1, -0.05) is 29.5 Å². The maximum Gasteiger partial charge on any atom is 0.324 e. The van der Waals surface area contributed by atoms with E-state index in [1.54, 1.807) is 12.0 Å². The molecule has 1 aliphatic rings. The topological polar surface area (TPSA) is 72.7 Å². The Hall–Kier alpha value is -2.41. The van der Waals surface area contributed by atoms with E-state index in [2.05, 4.69) is 0 Å². The van der Waals surface area contributed by atoms with Gasteiger partial charge in [0, 0.05) is 18.2 Å². The molecule has 0 spiro atoms. The Labute approximate surface area is 137 Å². The summed E-state index contributed by atoms with van der Waals surface area (Å²) < 4.78 is 5.40. The van der Waals surface area contributed by atoms with E-state index in [1.165, 1.54) is 12.1 Å². The first-order valence-corrected chi connectivity index (χ1v) is 8.11. The first-order chi connectivity index (χ1) is 11.1. The van der Waals surface area contributed by atoms with Crippen LogP contribution in [0.4, 0.5) is 5.00 Å². The van der Waals surface area contributed by atoms with Gasteiger partial charge in [-0.15, -0.1) is 0 Å². The van der Waals surface area contributed by atoms with Crippen molar-refractivity contribution in [1.82, 2.24) is 4.90 Å². The van der Waals surface area contributed by atoms with Crippen LogP contribution in [-0.2, 0) is 0 Å². The lowest BCUT2D eigenvalue weighted by Crippen LogP contribution is -2.30. The molecule has 0 N–H and O–H groups in total. The molecule has 0 radical (unpaired) electrons. The third kappa shape index (κ3) is 2.92. The lowest BCUT2D eigenvalue weighted by molar-refractivity contribution is -0.380. The van der Waals surface area contributed by atoms with Crippen molar-refractivity contribution in [3.05, 3.63) is 57.0 Å². The maximum atomic E-state index is 12.7. The number of thiophene rings is 1. The molecule has 1 amide bonds. The summed E-state index contributed by atoms with van der Waals surface area (Å²) in [4.78, 5) is 25.3. The van der Waals surface area contributed by atoms with Gasteiger partial charge < -0.3 is 9.64 Å². The fourth-order valence-corrected chi connectivity index (χ4v) is 3.73. The molecule has 1 saturated heterocycles. The number of hydrogen-bond acceptors (Lipinski definition) is 5. The van der Waals surface area contributed by atoms with Gasteiger partial charge in [-0.05, 0) is 25.0 Å². The maximum absolute atomic E-state index is 12.7. The number of benzene rings is 1. The zero-order chi connectivity index (χ0) is 16.4. The molecule has 7 heteroatoms. The van der Waals surface area contributed by atoms with Crippen LogP contribution in [-0.4, -0.2) is 29.4 Å². The van der Waals surface area contributed by atoms with Crippen LogP contribution in [0.5, 0.6) is 5.75 Å². The Morgan fingerprint density at radius 2 is 2.13 bits per heavy atom. The highest BCUT2D eigenvalue weighted by Gasteiger charge is 2.33. The second kappa shape index (κ2) is 6.37. The highest BCUT2D eigenvalue weighted by Crippen LogP contribution is 2.38. The van der Waals surface area contributed by atoms with Gasteiger partial charge in [-0.2, -0.15) is 0 Å². The number of rotatable bonds is 4. The SMILES string of the molecule is COc1ccccc1[C@@H]1CCCN1C(=O)c1ccc([N+](=O)[O-])s1. The van der Waals surface area contributed by atoms with Gasteiger partial charge in [0.2, 0.25) is 0 Å². The Morgan fingerprint density at radius 3 is 2.83 bits per heavy atom. The lowest BCUT2D eigenvalue weighted by atomic mass is 10.0. The Balaban J connectivity index is 1.88. The molecule has 1 fully saturated rings. The molecule has 23 heavy (non-hydrogen) atoms. The Morgan fingerprint density at radius 1 is 1.35 bits per heavy atom. The zero-order valence-electron chi connectivity index (χ0n) is 12.6. The van der Waals surface area contributed by atoms with Gasteiger partial charge in [-0.25, -0.2) is 0 Å². The molecule has 1 aromatic carbocycles. The summed E-state index contributed by atoms with van der Waals surface area (Å²) in [5.74, 6) is 0.603. The second-order valence-electron chi connectivity index (χ2n) is 5.29. The van der Waals surface area contributed by atoms with Gasteiger partial charge in [0.25, 0.3) is 5.91 Å². The summed E-state index contributed by atoms with van der Waals surface area (Å²) in [7, 11) is 1.61. The molecule has 2 aromatic rings. The van der Waals surface area contributed by atoms with Gasteiger partial charge in [0.05, 0.1) is 23.0 Å². The van der Waals surface area contributed by atoms with Crippen LogP contribution in [0.3, 0.4) is 0 Å². The molecule has 1 atom stereocenters. The molecule has 3 rings (SSSR count). The highest BCUT2D eigenvalue weighted by molar-refractivity contribution is 7.17. The van der Waals surface area contributed by atoms with Crippen LogP contribution in [0.15, 0.2) is 36.4 Å². The number of nitro groups is 1. The van der Waals surface area contributed by atoms with E-state index in [0.29, 0.717) is 11.4 Å². The van der Waals surface area contributed by atoms with E-state index in [-0.39, 0.29) is 17.0 Å². The first-order valence-electron chi connectivity index (χ1n) is 7.30. The van der Waals surface area contributed by atoms with Crippen LogP contribution in [0, 0.1) is 10.1 Å². The minimum absolute atomic E-state index is 0.0126. The van der Waals surface area contributed by atoms with Crippen molar-refractivity contribution in [2.24, 2.45) is 0 Å². The number of methoxy groups -OCH3 is 1.